The summed E-state index contributed by atoms with van der Waals surface area (Å²) in [5, 5.41) is 9.12. The number of nitrogens with zero attached hydrogens (tertiary/aromatic N) is 1. The van der Waals surface area contributed by atoms with Crippen LogP contribution in [0.3, 0.4) is 0 Å². The van der Waals surface area contributed by atoms with Gasteiger partial charge >= 0.3 is 0 Å². The minimum Gasteiger partial charge on any atom is -0.383 e. The quantitative estimate of drug-likeness (QED) is 0.629. The molecule has 2 atom stereocenters. The third-order valence-electron chi connectivity index (χ3n) is 2.33. The van der Waals surface area contributed by atoms with Gasteiger partial charge in [0.05, 0.1) is 0 Å². The Kier molecular flexibility index (Phi) is 2.49. The van der Waals surface area contributed by atoms with Crippen LogP contribution in [-0.4, -0.2) is 34.6 Å². The summed E-state index contributed by atoms with van der Waals surface area (Å²) in [5.41, 5.74) is 0. The number of amides is 1. The SMILES string of the molecule is CCC(C)N1CCC(O)C1=O. The van der Waals surface area contributed by atoms with E-state index in [-0.39, 0.29) is 11.9 Å². The number of hydrogen-bond acceptors (Lipinski definition) is 2. The van der Waals surface area contributed by atoms with Gasteiger partial charge in [-0.1, -0.05) is 6.92 Å². The molecular formula is C8H15NO2. The van der Waals surface area contributed by atoms with E-state index >= 15 is 0 Å². The van der Waals surface area contributed by atoms with Crippen LogP contribution in [0.5, 0.6) is 0 Å². The van der Waals surface area contributed by atoms with Crippen LogP contribution in [0.25, 0.3) is 0 Å². The highest BCUT2D eigenvalue weighted by molar-refractivity contribution is 5.82. The summed E-state index contributed by atoms with van der Waals surface area (Å²) in [6.45, 7) is 4.77. The first-order chi connectivity index (χ1) is 5.16. The smallest absolute Gasteiger partial charge is 0.251 e. The normalized spacial score (nSPS) is 27.7. The highest BCUT2D eigenvalue weighted by Crippen LogP contribution is 2.15. The number of aliphatic hydroxyl groups excluding tert-OH is 1. The Morgan fingerprint density at radius 1 is 1.82 bits per heavy atom. The first-order valence-electron chi connectivity index (χ1n) is 4.15. The van der Waals surface area contributed by atoms with Crippen molar-refractivity contribution in [2.24, 2.45) is 0 Å². The zero-order chi connectivity index (χ0) is 8.43. The minimum atomic E-state index is -0.732. The van der Waals surface area contributed by atoms with E-state index in [9.17, 15) is 4.79 Å². The molecule has 0 aromatic heterocycles. The third-order valence-corrected chi connectivity index (χ3v) is 2.33. The van der Waals surface area contributed by atoms with E-state index in [1.165, 1.54) is 0 Å². The van der Waals surface area contributed by atoms with Gasteiger partial charge in [0.15, 0.2) is 0 Å². The molecule has 1 aliphatic heterocycles. The summed E-state index contributed by atoms with van der Waals surface area (Å²) in [4.78, 5) is 12.9. The van der Waals surface area contributed by atoms with Gasteiger partial charge in [0, 0.05) is 12.6 Å². The van der Waals surface area contributed by atoms with Crippen molar-refractivity contribution in [3.8, 4) is 0 Å². The predicted octanol–water partition coefficient (Wildman–Crippen LogP) is 0.378. The van der Waals surface area contributed by atoms with Crippen LogP contribution in [0.2, 0.25) is 0 Å². The van der Waals surface area contributed by atoms with Crippen molar-refractivity contribution in [2.75, 3.05) is 6.54 Å². The van der Waals surface area contributed by atoms with Crippen LogP contribution >= 0.6 is 0 Å². The molecule has 1 heterocycles. The molecule has 0 bridgehead atoms. The maximum absolute atomic E-state index is 11.2. The Labute approximate surface area is 67.0 Å². The first kappa shape index (κ1) is 8.53. The molecule has 3 nitrogen and oxygen atoms in total. The van der Waals surface area contributed by atoms with Crippen LogP contribution in [0, 0.1) is 0 Å². The Morgan fingerprint density at radius 2 is 2.45 bits per heavy atom. The molecule has 1 rings (SSSR count). The molecule has 0 spiro atoms. The van der Waals surface area contributed by atoms with Gasteiger partial charge in [-0.15, -0.1) is 0 Å². The number of rotatable bonds is 2. The number of hydrogen-bond donors (Lipinski definition) is 1. The fourth-order valence-corrected chi connectivity index (χ4v) is 1.34. The maximum Gasteiger partial charge on any atom is 0.251 e. The summed E-state index contributed by atoms with van der Waals surface area (Å²) >= 11 is 0. The van der Waals surface area contributed by atoms with Crippen molar-refractivity contribution in [3.05, 3.63) is 0 Å². The lowest BCUT2D eigenvalue weighted by atomic mass is 10.2. The van der Waals surface area contributed by atoms with Crippen LogP contribution in [0.4, 0.5) is 0 Å². The second kappa shape index (κ2) is 3.22. The molecule has 11 heavy (non-hydrogen) atoms. The third kappa shape index (κ3) is 1.53. The molecule has 2 unspecified atom stereocenters. The summed E-state index contributed by atoms with van der Waals surface area (Å²) in [5.74, 6) is -0.0978. The molecule has 1 aliphatic rings. The molecule has 0 aromatic carbocycles. The molecule has 0 aromatic rings. The number of likely N-dealkylation sites (tertiary alicyclic amines) is 1. The van der Waals surface area contributed by atoms with Gasteiger partial charge in [-0.3, -0.25) is 4.79 Å². The van der Waals surface area contributed by atoms with Crippen LogP contribution in [0.15, 0.2) is 0 Å². The molecule has 1 saturated heterocycles. The fourth-order valence-electron chi connectivity index (χ4n) is 1.34. The largest absolute Gasteiger partial charge is 0.383 e. The van der Waals surface area contributed by atoms with Gasteiger partial charge in [0.2, 0.25) is 0 Å². The first-order valence-corrected chi connectivity index (χ1v) is 4.15. The van der Waals surface area contributed by atoms with E-state index in [1.54, 1.807) is 4.90 Å². The van der Waals surface area contributed by atoms with Gasteiger partial charge < -0.3 is 10.0 Å². The molecular weight excluding hydrogens is 142 g/mol. The van der Waals surface area contributed by atoms with E-state index in [1.807, 2.05) is 13.8 Å². The Balaban J connectivity index is 2.54. The van der Waals surface area contributed by atoms with Gasteiger partial charge in [-0.25, -0.2) is 0 Å². The van der Waals surface area contributed by atoms with Crippen LogP contribution in [-0.2, 0) is 4.79 Å². The van der Waals surface area contributed by atoms with Crippen molar-refractivity contribution in [2.45, 2.75) is 38.8 Å². The highest BCUT2D eigenvalue weighted by atomic mass is 16.3. The van der Waals surface area contributed by atoms with Crippen LogP contribution in [0.1, 0.15) is 26.7 Å². The zero-order valence-electron chi connectivity index (χ0n) is 7.08. The lowest BCUT2D eigenvalue weighted by Gasteiger charge is -2.22. The number of carbonyl (C=O) groups excluding carboxylic acids is 1. The van der Waals surface area contributed by atoms with Crippen LogP contribution < -0.4 is 0 Å². The lowest BCUT2D eigenvalue weighted by molar-refractivity contribution is -0.136. The number of aliphatic hydroxyl groups is 1. The Bertz CT molecular complexity index is 158. The summed E-state index contributed by atoms with van der Waals surface area (Å²) in [6.07, 6.45) is 0.825. The van der Waals surface area contributed by atoms with Gasteiger partial charge in [-0.05, 0) is 19.8 Å². The standard InChI is InChI=1S/C8H15NO2/c1-3-6(2)9-5-4-7(10)8(9)11/h6-7,10H,3-5H2,1-2H3. The molecule has 64 valence electrons. The molecule has 0 saturated carbocycles. The Morgan fingerprint density at radius 3 is 2.82 bits per heavy atom. The topological polar surface area (TPSA) is 40.5 Å². The van der Waals surface area contributed by atoms with E-state index in [4.69, 9.17) is 5.11 Å². The van der Waals surface area contributed by atoms with Crippen molar-refractivity contribution < 1.29 is 9.90 Å². The average molecular weight is 157 g/mol. The summed E-state index contributed by atoms with van der Waals surface area (Å²) < 4.78 is 0. The zero-order valence-corrected chi connectivity index (χ0v) is 7.08. The molecule has 1 fully saturated rings. The lowest BCUT2D eigenvalue weighted by Crippen LogP contribution is -2.36. The van der Waals surface area contributed by atoms with Crippen molar-refractivity contribution in [1.29, 1.82) is 0 Å². The molecule has 0 aliphatic carbocycles. The fraction of sp³-hybridized carbons (Fsp3) is 0.875. The van der Waals surface area contributed by atoms with Crippen molar-refractivity contribution in [1.82, 2.24) is 4.90 Å². The van der Waals surface area contributed by atoms with Gasteiger partial charge in [-0.2, -0.15) is 0 Å². The molecule has 1 amide bonds. The molecule has 3 heteroatoms. The summed E-state index contributed by atoms with van der Waals surface area (Å²) in [6, 6.07) is 0.277. The van der Waals surface area contributed by atoms with E-state index < -0.39 is 6.10 Å². The van der Waals surface area contributed by atoms with Gasteiger partial charge in [0.25, 0.3) is 5.91 Å². The van der Waals surface area contributed by atoms with E-state index in [2.05, 4.69) is 0 Å². The highest BCUT2D eigenvalue weighted by Gasteiger charge is 2.31. The predicted molar refractivity (Wildman–Crippen MR) is 42.1 cm³/mol. The molecule has 0 radical (unpaired) electrons. The average Bonchev–Trinajstić information content (AvgIpc) is 2.32. The second-order valence-corrected chi connectivity index (χ2v) is 3.09. The van der Waals surface area contributed by atoms with Crippen molar-refractivity contribution >= 4 is 5.91 Å². The molecule has 1 N–H and O–H groups in total. The maximum atomic E-state index is 11.2. The van der Waals surface area contributed by atoms with E-state index in [0.717, 1.165) is 13.0 Å². The van der Waals surface area contributed by atoms with Gasteiger partial charge in [0.1, 0.15) is 6.10 Å². The van der Waals surface area contributed by atoms with E-state index in [0.29, 0.717) is 6.42 Å². The summed E-state index contributed by atoms with van der Waals surface area (Å²) in [7, 11) is 0. The second-order valence-electron chi connectivity index (χ2n) is 3.09. The number of carbonyl (C=O) groups is 1. The van der Waals surface area contributed by atoms with Crippen molar-refractivity contribution in [3.63, 3.8) is 0 Å². The monoisotopic (exact) mass is 157 g/mol. The minimum absolute atomic E-state index is 0.0978. The Hall–Kier alpha value is -0.570.